The zero-order valence-electron chi connectivity index (χ0n) is 4.52. The van der Waals surface area contributed by atoms with E-state index in [4.69, 9.17) is 0 Å². The number of hydrogen-bond donors (Lipinski definition) is 0. The lowest BCUT2D eigenvalue weighted by molar-refractivity contribution is -0.339. The molecule has 0 amide bonds. The lowest BCUT2D eigenvalue weighted by Gasteiger charge is -2.62. The van der Waals surface area contributed by atoms with E-state index >= 15 is 0 Å². The molecule has 0 heterocycles. The molecule has 0 aromatic rings. The Hall–Kier alpha value is -0.530. The number of carbonyl (C=O) groups excluding carboxylic acids is 1. The second kappa shape index (κ2) is 0.925. The highest BCUT2D eigenvalue weighted by molar-refractivity contribution is 5.76. The third-order valence-corrected chi connectivity index (χ3v) is 2.47. The van der Waals surface area contributed by atoms with Crippen LogP contribution in [-0.4, -0.2) is 5.97 Å². The van der Waals surface area contributed by atoms with Crippen LogP contribution in [0.2, 0.25) is 0 Å². The van der Waals surface area contributed by atoms with Crippen LogP contribution in [0.1, 0.15) is 19.3 Å². The van der Waals surface area contributed by atoms with Crippen LogP contribution in [-0.2, 0) is 4.79 Å². The maximum absolute atomic E-state index is 10.2. The Morgan fingerprint density at radius 2 is 2.00 bits per heavy atom. The summed E-state index contributed by atoms with van der Waals surface area (Å²) in [6.07, 6.45) is 2.69. The van der Waals surface area contributed by atoms with Crippen molar-refractivity contribution < 1.29 is 9.90 Å². The summed E-state index contributed by atoms with van der Waals surface area (Å²) in [7, 11) is 0. The maximum atomic E-state index is 10.2. The Morgan fingerprint density at radius 3 is 2.00 bits per heavy atom. The molecule has 0 aromatic carbocycles. The van der Waals surface area contributed by atoms with Crippen LogP contribution in [0.3, 0.4) is 0 Å². The molecule has 3 fully saturated rings. The van der Waals surface area contributed by atoms with E-state index in [1.165, 1.54) is 0 Å². The third-order valence-electron chi connectivity index (χ3n) is 2.47. The van der Waals surface area contributed by atoms with Gasteiger partial charge in [-0.1, -0.05) is 0 Å². The van der Waals surface area contributed by atoms with E-state index in [0.29, 0.717) is 0 Å². The summed E-state index contributed by atoms with van der Waals surface area (Å²) in [4.78, 5) is 10.2. The molecule has 0 N–H and O–H groups in total. The van der Waals surface area contributed by atoms with Gasteiger partial charge in [0.05, 0.1) is 0 Å². The van der Waals surface area contributed by atoms with Gasteiger partial charge in [0.15, 0.2) is 0 Å². The molecule has 2 nitrogen and oxygen atoms in total. The Bertz CT molecular complexity index is 134. The van der Waals surface area contributed by atoms with Crippen molar-refractivity contribution in [2.45, 2.75) is 19.3 Å². The van der Waals surface area contributed by atoms with Gasteiger partial charge in [0, 0.05) is 11.4 Å². The van der Waals surface area contributed by atoms with Crippen molar-refractivity contribution >= 4 is 5.97 Å². The van der Waals surface area contributed by atoms with Gasteiger partial charge in [0.1, 0.15) is 0 Å². The molecular formula is C6H7O2-. The monoisotopic (exact) mass is 111 g/mol. The van der Waals surface area contributed by atoms with Crippen LogP contribution in [0.4, 0.5) is 0 Å². The predicted molar refractivity (Wildman–Crippen MR) is 24.8 cm³/mol. The van der Waals surface area contributed by atoms with Gasteiger partial charge in [-0.05, 0) is 25.2 Å². The van der Waals surface area contributed by atoms with Crippen LogP contribution in [0, 0.1) is 11.3 Å². The second-order valence-electron chi connectivity index (χ2n) is 3.05. The summed E-state index contributed by atoms with van der Waals surface area (Å²) in [6, 6.07) is 0. The summed E-state index contributed by atoms with van der Waals surface area (Å²) < 4.78 is 0. The number of hydrogen-bond acceptors (Lipinski definition) is 2. The average molecular weight is 111 g/mol. The zero-order chi connectivity index (χ0) is 5.78. The molecule has 0 aliphatic heterocycles. The standard InChI is InChI=1S/C6H8O2/c7-5(8)6-1-4(2-6)3-6/h4H,1-3H2,(H,7,8)/p-1. The summed E-state index contributed by atoms with van der Waals surface area (Å²) in [5.74, 6) is -0.0760. The fourth-order valence-corrected chi connectivity index (χ4v) is 1.73. The van der Waals surface area contributed by atoms with E-state index in [9.17, 15) is 9.90 Å². The molecule has 3 rings (SSSR count). The van der Waals surface area contributed by atoms with Gasteiger partial charge < -0.3 is 9.90 Å². The van der Waals surface area contributed by atoms with Crippen LogP contribution in [0.5, 0.6) is 0 Å². The van der Waals surface area contributed by atoms with Crippen LogP contribution < -0.4 is 5.11 Å². The Labute approximate surface area is 47.5 Å². The highest BCUT2D eigenvalue weighted by Crippen LogP contribution is 2.63. The first-order chi connectivity index (χ1) is 3.73. The highest BCUT2D eigenvalue weighted by Gasteiger charge is 2.57. The molecule has 2 bridgehead atoms. The summed E-state index contributed by atoms with van der Waals surface area (Å²) >= 11 is 0. The number of carbonyl (C=O) groups is 1. The van der Waals surface area contributed by atoms with Gasteiger partial charge in [-0.25, -0.2) is 0 Å². The fourth-order valence-electron chi connectivity index (χ4n) is 1.73. The smallest absolute Gasteiger partial charge is 0.0476 e. The lowest BCUT2D eigenvalue weighted by atomic mass is 9.44. The molecule has 0 saturated heterocycles. The molecule has 0 unspecified atom stereocenters. The summed E-state index contributed by atoms with van der Waals surface area (Å²) in [6.45, 7) is 0. The first-order valence-corrected chi connectivity index (χ1v) is 2.94. The normalized spacial score (nSPS) is 49.2. The molecule has 3 saturated carbocycles. The molecule has 0 atom stereocenters. The summed E-state index contributed by atoms with van der Waals surface area (Å²) in [5.41, 5.74) is -0.329. The first-order valence-electron chi connectivity index (χ1n) is 2.94. The van der Waals surface area contributed by atoms with Crippen molar-refractivity contribution in [3.63, 3.8) is 0 Å². The SMILES string of the molecule is O=C([O-])C12CC(C1)C2. The van der Waals surface area contributed by atoms with Crippen molar-refractivity contribution in [3.05, 3.63) is 0 Å². The number of aliphatic carboxylic acids is 1. The van der Waals surface area contributed by atoms with Crippen LogP contribution in [0.15, 0.2) is 0 Å². The first kappa shape index (κ1) is 4.36. The minimum atomic E-state index is -0.819. The van der Waals surface area contributed by atoms with Crippen molar-refractivity contribution in [1.82, 2.24) is 0 Å². The Balaban J connectivity index is 2.15. The number of carboxylic acid groups (broad SMARTS) is 1. The van der Waals surface area contributed by atoms with Crippen LogP contribution in [0.25, 0.3) is 0 Å². The second-order valence-corrected chi connectivity index (χ2v) is 3.05. The van der Waals surface area contributed by atoms with Crippen LogP contribution >= 0.6 is 0 Å². The van der Waals surface area contributed by atoms with Gasteiger partial charge in [0.25, 0.3) is 0 Å². The van der Waals surface area contributed by atoms with E-state index in [0.717, 1.165) is 25.2 Å². The van der Waals surface area contributed by atoms with Gasteiger partial charge in [-0.15, -0.1) is 0 Å². The summed E-state index contributed by atoms with van der Waals surface area (Å²) in [5, 5.41) is 10.2. The van der Waals surface area contributed by atoms with Gasteiger partial charge in [-0.3, -0.25) is 0 Å². The van der Waals surface area contributed by atoms with E-state index < -0.39 is 5.97 Å². The average Bonchev–Trinajstić information content (AvgIpc) is 1.16. The minimum Gasteiger partial charge on any atom is -0.550 e. The maximum Gasteiger partial charge on any atom is 0.0476 e. The van der Waals surface area contributed by atoms with E-state index in [2.05, 4.69) is 0 Å². The van der Waals surface area contributed by atoms with Crippen molar-refractivity contribution in [2.75, 3.05) is 0 Å². The largest absolute Gasteiger partial charge is 0.550 e. The van der Waals surface area contributed by atoms with Gasteiger partial charge in [-0.2, -0.15) is 0 Å². The predicted octanol–water partition coefficient (Wildman–Crippen LogP) is -0.464. The van der Waals surface area contributed by atoms with Crippen molar-refractivity contribution in [1.29, 1.82) is 0 Å². The topological polar surface area (TPSA) is 40.1 Å². The molecule has 3 aliphatic carbocycles. The minimum absolute atomic E-state index is 0.329. The van der Waals surface area contributed by atoms with Gasteiger partial charge >= 0.3 is 0 Å². The number of carboxylic acids is 1. The Morgan fingerprint density at radius 1 is 1.50 bits per heavy atom. The van der Waals surface area contributed by atoms with E-state index in [1.807, 2.05) is 0 Å². The quantitative estimate of drug-likeness (QED) is 0.459. The third kappa shape index (κ3) is 0.261. The lowest BCUT2D eigenvalue weighted by Crippen LogP contribution is -2.61. The molecule has 0 radical (unpaired) electrons. The van der Waals surface area contributed by atoms with Crippen molar-refractivity contribution in [2.24, 2.45) is 11.3 Å². The van der Waals surface area contributed by atoms with Gasteiger partial charge in [0.2, 0.25) is 0 Å². The highest BCUT2D eigenvalue weighted by atomic mass is 16.4. The Kier molecular flexibility index (Phi) is 0.504. The zero-order valence-corrected chi connectivity index (χ0v) is 4.52. The molecule has 0 spiro atoms. The molecule has 8 heavy (non-hydrogen) atoms. The molecule has 3 aliphatic rings. The fraction of sp³-hybridized carbons (Fsp3) is 0.833. The molecule has 2 heteroatoms. The molecular weight excluding hydrogens is 104 g/mol. The van der Waals surface area contributed by atoms with E-state index in [-0.39, 0.29) is 5.41 Å². The molecule has 0 aromatic heterocycles. The van der Waals surface area contributed by atoms with E-state index in [1.54, 1.807) is 0 Å². The van der Waals surface area contributed by atoms with Crippen molar-refractivity contribution in [3.8, 4) is 0 Å². The molecule has 44 valence electrons. The number of rotatable bonds is 1.